The number of aromatic nitrogens is 2. The van der Waals surface area contributed by atoms with E-state index in [0.29, 0.717) is 10.8 Å². The molecule has 28 heavy (non-hydrogen) atoms. The van der Waals surface area contributed by atoms with Gasteiger partial charge in [-0.05, 0) is 37.1 Å². The van der Waals surface area contributed by atoms with Crippen LogP contribution in [0.15, 0.2) is 51.4 Å². The Hall–Kier alpha value is -2.17. The SMILES string of the molecule is O=C(CSc1nccc(=O)[nH]1)Nc1ccc(S(=O)(=O)NC2CCCCC2)cc1. The summed E-state index contributed by atoms with van der Waals surface area (Å²) in [5.74, 6) is -0.219. The van der Waals surface area contributed by atoms with E-state index >= 15 is 0 Å². The number of rotatable bonds is 7. The topological polar surface area (TPSA) is 121 Å². The maximum absolute atomic E-state index is 12.5. The van der Waals surface area contributed by atoms with Gasteiger partial charge >= 0.3 is 0 Å². The van der Waals surface area contributed by atoms with Crippen LogP contribution in [0.5, 0.6) is 0 Å². The fraction of sp³-hybridized carbons (Fsp3) is 0.389. The van der Waals surface area contributed by atoms with E-state index in [1.807, 2.05) is 0 Å². The van der Waals surface area contributed by atoms with Crippen LogP contribution in [0.25, 0.3) is 0 Å². The van der Waals surface area contributed by atoms with Crippen LogP contribution in [-0.2, 0) is 14.8 Å². The summed E-state index contributed by atoms with van der Waals surface area (Å²) in [5.41, 5.74) is 0.216. The fourth-order valence-electron chi connectivity index (χ4n) is 2.98. The largest absolute Gasteiger partial charge is 0.325 e. The molecule has 1 saturated carbocycles. The number of hydrogen-bond donors (Lipinski definition) is 3. The highest BCUT2D eigenvalue weighted by Gasteiger charge is 2.21. The minimum absolute atomic E-state index is 0.00630. The summed E-state index contributed by atoms with van der Waals surface area (Å²) in [6.45, 7) is 0. The zero-order chi connectivity index (χ0) is 20.0. The van der Waals surface area contributed by atoms with Gasteiger partial charge in [0.25, 0.3) is 5.56 Å². The van der Waals surface area contributed by atoms with Gasteiger partial charge in [-0.2, -0.15) is 0 Å². The highest BCUT2D eigenvalue weighted by Crippen LogP contribution is 2.21. The molecule has 0 aliphatic heterocycles. The number of hydrogen-bond acceptors (Lipinski definition) is 6. The van der Waals surface area contributed by atoms with E-state index in [1.54, 1.807) is 12.1 Å². The van der Waals surface area contributed by atoms with Gasteiger partial charge in [-0.1, -0.05) is 31.0 Å². The first-order valence-electron chi connectivity index (χ1n) is 9.03. The van der Waals surface area contributed by atoms with E-state index in [1.165, 1.54) is 24.4 Å². The third-order valence-electron chi connectivity index (χ3n) is 4.36. The van der Waals surface area contributed by atoms with Crippen molar-refractivity contribution in [1.82, 2.24) is 14.7 Å². The maximum atomic E-state index is 12.5. The molecule has 2 aromatic rings. The van der Waals surface area contributed by atoms with Gasteiger partial charge < -0.3 is 10.3 Å². The lowest BCUT2D eigenvalue weighted by molar-refractivity contribution is -0.113. The summed E-state index contributed by atoms with van der Waals surface area (Å²) >= 11 is 1.10. The lowest BCUT2D eigenvalue weighted by atomic mass is 9.96. The predicted octanol–water partition coefficient (Wildman–Crippen LogP) is 2.11. The number of nitrogens with zero attached hydrogens (tertiary/aromatic N) is 1. The molecule has 10 heteroatoms. The van der Waals surface area contributed by atoms with Crippen molar-refractivity contribution in [2.75, 3.05) is 11.1 Å². The molecule has 0 spiro atoms. The minimum Gasteiger partial charge on any atom is -0.325 e. The van der Waals surface area contributed by atoms with Crippen LogP contribution < -0.4 is 15.6 Å². The number of thioether (sulfide) groups is 1. The first kappa shape index (κ1) is 20.6. The van der Waals surface area contributed by atoms with Crippen LogP contribution in [0, 0.1) is 0 Å². The van der Waals surface area contributed by atoms with Crippen LogP contribution in [-0.4, -0.2) is 36.1 Å². The molecule has 1 aromatic heterocycles. The van der Waals surface area contributed by atoms with Crippen molar-refractivity contribution in [2.24, 2.45) is 0 Å². The zero-order valence-electron chi connectivity index (χ0n) is 15.2. The smallest absolute Gasteiger partial charge is 0.251 e. The Balaban J connectivity index is 1.54. The van der Waals surface area contributed by atoms with Gasteiger partial charge in [-0.3, -0.25) is 9.59 Å². The molecule has 3 N–H and O–H groups in total. The van der Waals surface area contributed by atoms with Crippen molar-refractivity contribution >= 4 is 33.4 Å². The Morgan fingerprint density at radius 2 is 1.86 bits per heavy atom. The summed E-state index contributed by atoms with van der Waals surface area (Å²) in [6.07, 6.45) is 6.35. The molecule has 0 bridgehead atoms. The van der Waals surface area contributed by atoms with Gasteiger partial charge in [-0.15, -0.1) is 0 Å². The van der Waals surface area contributed by atoms with Crippen LogP contribution in [0.2, 0.25) is 0 Å². The molecule has 150 valence electrons. The molecular formula is C18H22N4O4S2. The zero-order valence-corrected chi connectivity index (χ0v) is 16.8. The van der Waals surface area contributed by atoms with Crippen molar-refractivity contribution in [2.45, 2.75) is 48.2 Å². The molecule has 0 atom stereocenters. The van der Waals surface area contributed by atoms with Crippen molar-refractivity contribution in [3.8, 4) is 0 Å². The lowest BCUT2D eigenvalue weighted by Crippen LogP contribution is -2.36. The summed E-state index contributed by atoms with van der Waals surface area (Å²) in [4.78, 5) is 29.9. The van der Waals surface area contributed by atoms with Gasteiger partial charge in [0.1, 0.15) is 0 Å². The Bertz CT molecular complexity index is 968. The molecule has 0 radical (unpaired) electrons. The Labute approximate surface area is 167 Å². The molecule has 1 fully saturated rings. The summed E-state index contributed by atoms with van der Waals surface area (Å²) in [6, 6.07) is 7.35. The first-order chi connectivity index (χ1) is 13.4. The first-order valence-corrected chi connectivity index (χ1v) is 11.5. The highest BCUT2D eigenvalue weighted by atomic mass is 32.2. The standard InChI is InChI=1S/C18H22N4O4S2/c23-16-10-11-19-18(21-16)27-12-17(24)20-13-6-8-15(9-7-13)28(25,26)22-14-4-2-1-3-5-14/h6-11,14,22H,1-5,12H2,(H,20,24)(H,19,21,23). The second kappa shape index (κ2) is 9.35. The van der Waals surface area contributed by atoms with Crippen molar-refractivity contribution in [3.05, 3.63) is 46.9 Å². The predicted molar refractivity (Wildman–Crippen MR) is 108 cm³/mol. The number of aromatic amines is 1. The number of anilines is 1. The van der Waals surface area contributed by atoms with Gasteiger partial charge in [0, 0.05) is 24.0 Å². The van der Waals surface area contributed by atoms with Gasteiger partial charge in [0.15, 0.2) is 5.16 Å². The van der Waals surface area contributed by atoms with Gasteiger partial charge in [0.2, 0.25) is 15.9 Å². The van der Waals surface area contributed by atoms with Crippen molar-refractivity contribution in [1.29, 1.82) is 0 Å². The van der Waals surface area contributed by atoms with Crippen LogP contribution >= 0.6 is 11.8 Å². The van der Waals surface area contributed by atoms with Crippen LogP contribution in [0.3, 0.4) is 0 Å². The summed E-state index contributed by atoms with van der Waals surface area (Å²) < 4.78 is 27.7. The third-order valence-corrected chi connectivity index (χ3v) is 6.79. The molecule has 1 aromatic carbocycles. The number of nitrogens with one attached hydrogen (secondary N) is 3. The van der Waals surface area contributed by atoms with Crippen molar-refractivity contribution in [3.63, 3.8) is 0 Å². The van der Waals surface area contributed by atoms with E-state index in [0.717, 1.165) is 43.9 Å². The number of H-pyrrole nitrogens is 1. The minimum atomic E-state index is -3.56. The fourth-order valence-corrected chi connectivity index (χ4v) is 4.93. The lowest BCUT2D eigenvalue weighted by Gasteiger charge is -2.22. The van der Waals surface area contributed by atoms with E-state index in [9.17, 15) is 18.0 Å². The van der Waals surface area contributed by atoms with E-state index in [4.69, 9.17) is 0 Å². The second-order valence-corrected chi connectivity index (χ2v) is 9.23. The quantitative estimate of drug-likeness (QED) is 0.464. The monoisotopic (exact) mass is 422 g/mol. The molecule has 1 aliphatic carbocycles. The molecule has 8 nitrogen and oxygen atoms in total. The maximum Gasteiger partial charge on any atom is 0.251 e. The summed E-state index contributed by atoms with van der Waals surface area (Å²) in [7, 11) is -3.56. The third kappa shape index (κ3) is 5.91. The Morgan fingerprint density at radius 1 is 1.14 bits per heavy atom. The van der Waals surface area contributed by atoms with Gasteiger partial charge in [-0.25, -0.2) is 18.1 Å². The number of benzene rings is 1. The van der Waals surface area contributed by atoms with E-state index in [-0.39, 0.29) is 28.2 Å². The van der Waals surface area contributed by atoms with E-state index < -0.39 is 10.0 Å². The second-order valence-electron chi connectivity index (χ2n) is 6.56. The molecule has 3 rings (SSSR count). The summed E-state index contributed by atoms with van der Waals surface area (Å²) in [5, 5.41) is 3.05. The van der Waals surface area contributed by atoms with Crippen LogP contribution in [0.4, 0.5) is 5.69 Å². The Kier molecular flexibility index (Phi) is 6.87. The van der Waals surface area contributed by atoms with Crippen LogP contribution in [0.1, 0.15) is 32.1 Å². The molecule has 0 unspecified atom stereocenters. The number of sulfonamides is 1. The molecule has 1 heterocycles. The number of carbonyl (C=O) groups is 1. The highest BCUT2D eigenvalue weighted by molar-refractivity contribution is 7.99. The van der Waals surface area contributed by atoms with Gasteiger partial charge in [0.05, 0.1) is 10.6 Å². The van der Waals surface area contributed by atoms with E-state index in [2.05, 4.69) is 20.0 Å². The Morgan fingerprint density at radius 3 is 2.54 bits per heavy atom. The normalized spacial score (nSPS) is 15.3. The number of amides is 1. The molecule has 1 aliphatic rings. The average Bonchev–Trinajstić information content (AvgIpc) is 2.67. The molecule has 0 saturated heterocycles. The average molecular weight is 423 g/mol. The van der Waals surface area contributed by atoms with Crippen molar-refractivity contribution < 1.29 is 13.2 Å². The molecular weight excluding hydrogens is 400 g/mol. The molecule has 1 amide bonds. The number of carbonyl (C=O) groups excluding carboxylic acids is 1.